The largest absolute Gasteiger partial charge is 0.493 e. The molecule has 0 saturated heterocycles. The van der Waals surface area contributed by atoms with Crippen LogP contribution in [0, 0.1) is 5.82 Å². The molecule has 0 aliphatic rings. The van der Waals surface area contributed by atoms with Gasteiger partial charge >= 0.3 is 5.97 Å². The van der Waals surface area contributed by atoms with Crippen LogP contribution in [0.15, 0.2) is 47.4 Å². The number of carboxylic acids is 1. The maximum absolute atomic E-state index is 13.2. The summed E-state index contributed by atoms with van der Waals surface area (Å²) in [5.41, 5.74) is 5.75. The summed E-state index contributed by atoms with van der Waals surface area (Å²) < 4.78 is 18.7. The highest BCUT2D eigenvalue weighted by atomic mass is 32.2. The quantitative estimate of drug-likeness (QED) is 0.487. The molecule has 2 aromatic rings. The van der Waals surface area contributed by atoms with Crippen LogP contribution in [0.3, 0.4) is 0 Å². The minimum Gasteiger partial charge on any atom is -0.493 e. The molecular formula is C15H14FNO3S. The molecule has 2 rings (SSSR count). The molecule has 0 atom stereocenters. The summed E-state index contributed by atoms with van der Waals surface area (Å²) >= 11 is 1.46. The highest BCUT2D eigenvalue weighted by molar-refractivity contribution is 7.99. The van der Waals surface area contributed by atoms with Crippen molar-refractivity contribution in [3.63, 3.8) is 0 Å². The van der Waals surface area contributed by atoms with Gasteiger partial charge in [0.1, 0.15) is 11.6 Å². The van der Waals surface area contributed by atoms with Gasteiger partial charge in [-0.05, 0) is 42.5 Å². The molecule has 0 saturated carbocycles. The van der Waals surface area contributed by atoms with Crippen LogP contribution < -0.4 is 10.5 Å². The van der Waals surface area contributed by atoms with Crippen molar-refractivity contribution in [2.45, 2.75) is 4.90 Å². The SMILES string of the molecule is Nc1ccc(SCCOc2ccc(C(=O)O)cc2)cc1F. The fourth-order valence-electron chi connectivity index (χ4n) is 1.61. The number of benzene rings is 2. The van der Waals surface area contributed by atoms with Gasteiger partial charge in [-0.3, -0.25) is 0 Å². The first-order valence-electron chi connectivity index (χ1n) is 6.20. The van der Waals surface area contributed by atoms with Crippen LogP contribution in [0.25, 0.3) is 0 Å². The molecule has 2 aromatic carbocycles. The van der Waals surface area contributed by atoms with Gasteiger partial charge in [-0.15, -0.1) is 11.8 Å². The molecule has 0 aromatic heterocycles. The number of anilines is 1. The van der Waals surface area contributed by atoms with Crippen molar-refractivity contribution in [1.29, 1.82) is 0 Å². The van der Waals surface area contributed by atoms with E-state index in [1.807, 2.05) is 0 Å². The Morgan fingerprint density at radius 3 is 2.57 bits per heavy atom. The number of aromatic carboxylic acids is 1. The fourth-order valence-corrected chi connectivity index (χ4v) is 2.36. The second kappa shape index (κ2) is 6.99. The zero-order valence-corrected chi connectivity index (χ0v) is 11.9. The number of carbonyl (C=O) groups is 1. The zero-order chi connectivity index (χ0) is 15.2. The van der Waals surface area contributed by atoms with Gasteiger partial charge in [0.2, 0.25) is 0 Å². The van der Waals surface area contributed by atoms with Gasteiger partial charge < -0.3 is 15.6 Å². The van der Waals surface area contributed by atoms with Crippen LogP contribution in [0.1, 0.15) is 10.4 Å². The average molecular weight is 307 g/mol. The van der Waals surface area contributed by atoms with Gasteiger partial charge in [0.25, 0.3) is 0 Å². The number of hydrogen-bond acceptors (Lipinski definition) is 4. The molecule has 0 spiro atoms. The topological polar surface area (TPSA) is 72.5 Å². The second-order valence-electron chi connectivity index (χ2n) is 4.21. The van der Waals surface area contributed by atoms with E-state index in [9.17, 15) is 9.18 Å². The van der Waals surface area contributed by atoms with Crippen molar-refractivity contribution in [2.75, 3.05) is 18.1 Å². The molecule has 6 heteroatoms. The summed E-state index contributed by atoms with van der Waals surface area (Å²) in [6.45, 7) is 0.434. The lowest BCUT2D eigenvalue weighted by Gasteiger charge is -2.07. The van der Waals surface area contributed by atoms with Gasteiger partial charge in [-0.1, -0.05) is 0 Å². The minimum absolute atomic E-state index is 0.133. The van der Waals surface area contributed by atoms with E-state index in [0.29, 0.717) is 18.1 Å². The molecule has 0 bridgehead atoms. The van der Waals surface area contributed by atoms with E-state index in [2.05, 4.69) is 0 Å². The Hall–Kier alpha value is -2.21. The summed E-state index contributed by atoms with van der Waals surface area (Å²) in [6.07, 6.45) is 0. The van der Waals surface area contributed by atoms with Crippen LogP contribution >= 0.6 is 11.8 Å². The second-order valence-corrected chi connectivity index (χ2v) is 5.38. The van der Waals surface area contributed by atoms with E-state index >= 15 is 0 Å². The summed E-state index contributed by atoms with van der Waals surface area (Å²) in [4.78, 5) is 11.5. The number of rotatable bonds is 6. The molecule has 0 aliphatic carbocycles. The van der Waals surface area contributed by atoms with E-state index in [0.717, 1.165) is 4.90 Å². The number of nitrogens with two attached hydrogens (primary N) is 1. The van der Waals surface area contributed by atoms with E-state index in [1.165, 1.54) is 36.0 Å². The number of ether oxygens (including phenoxy) is 1. The summed E-state index contributed by atoms with van der Waals surface area (Å²) in [5, 5.41) is 8.77. The first-order valence-corrected chi connectivity index (χ1v) is 7.19. The number of thioether (sulfide) groups is 1. The summed E-state index contributed by atoms with van der Waals surface area (Å²) in [5.74, 6) is -0.152. The average Bonchev–Trinajstić information content (AvgIpc) is 2.47. The lowest BCUT2D eigenvalue weighted by molar-refractivity contribution is 0.0697. The Bertz CT molecular complexity index is 631. The number of nitrogen functional groups attached to an aromatic ring is 1. The maximum atomic E-state index is 13.2. The Kier molecular flexibility index (Phi) is 5.05. The van der Waals surface area contributed by atoms with Crippen LogP contribution in [0.2, 0.25) is 0 Å². The third kappa shape index (κ3) is 4.39. The lowest BCUT2D eigenvalue weighted by Crippen LogP contribution is -2.01. The monoisotopic (exact) mass is 307 g/mol. The molecule has 0 radical (unpaired) electrons. The molecule has 110 valence electrons. The Balaban J connectivity index is 1.79. The predicted molar refractivity (Wildman–Crippen MR) is 80.4 cm³/mol. The fraction of sp³-hybridized carbons (Fsp3) is 0.133. The number of halogens is 1. The highest BCUT2D eigenvalue weighted by Gasteiger charge is 2.03. The molecule has 0 aliphatic heterocycles. The van der Waals surface area contributed by atoms with Crippen LogP contribution in [0.4, 0.5) is 10.1 Å². The first kappa shape index (κ1) is 15.2. The molecule has 0 heterocycles. The number of carboxylic acid groups (broad SMARTS) is 1. The standard InChI is InChI=1S/C15H14FNO3S/c16-13-9-12(5-6-14(13)17)21-8-7-20-11-3-1-10(2-4-11)15(18)19/h1-6,9H,7-8,17H2,(H,18,19). The van der Waals surface area contributed by atoms with E-state index in [-0.39, 0.29) is 11.3 Å². The molecule has 21 heavy (non-hydrogen) atoms. The van der Waals surface area contributed by atoms with Crippen molar-refractivity contribution in [3.05, 3.63) is 53.8 Å². The van der Waals surface area contributed by atoms with Gasteiger partial charge in [-0.25, -0.2) is 9.18 Å². The summed E-state index contributed by atoms with van der Waals surface area (Å²) in [6, 6.07) is 10.9. The molecule has 0 fully saturated rings. The predicted octanol–water partition coefficient (Wildman–Crippen LogP) is 3.28. The van der Waals surface area contributed by atoms with Crippen LogP contribution in [-0.4, -0.2) is 23.4 Å². The van der Waals surface area contributed by atoms with E-state index in [4.69, 9.17) is 15.6 Å². The van der Waals surface area contributed by atoms with Crippen LogP contribution in [-0.2, 0) is 0 Å². The molecule has 0 unspecified atom stereocenters. The van der Waals surface area contributed by atoms with Gasteiger partial charge in [-0.2, -0.15) is 0 Å². The Morgan fingerprint density at radius 1 is 1.24 bits per heavy atom. The summed E-state index contributed by atoms with van der Waals surface area (Å²) in [7, 11) is 0. The van der Waals surface area contributed by atoms with E-state index in [1.54, 1.807) is 18.2 Å². The highest BCUT2D eigenvalue weighted by Crippen LogP contribution is 2.22. The molecular weight excluding hydrogens is 293 g/mol. The minimum atomic E-state index is -0.970. The normalized spacial score (nSPS) is 10.3. The maximum Gasteiger partial charge on any atom is 0.335 e. The Morgan fingerprint density at radius 2 is 1.95 bits per heavy atom. The Labute approximate surface area is 125 Å². The zero-order valence-electron chi connectivity index (χ0n) is 11.1. The van der Waals surface area contributed by atoms with Crippen molar-refractivity contribution in [1.82, 2.24) is 0 Å². The molecule has 0 amide bonds. The van der Waals surface area contributed by atoms with Gasteiger partial charge in [0.15, 0.2) is 0 Å². The third-order valence-corrected chi connectivity index (χ3v) is 3.65. The smallest absolute Gasteiger partial charge is 0.335 e. The van der Waals surface area contributed by atoms with Crippen molar-refractivity contribution < 1.29 is 19.0 Å². The number of hydrogen-bond donors (Lipinski definition) is 2. The van der Waals surface area contributed by atoms with Crippen molar-refractivity contribution in [3.8, 4) is 5.75 Å². The van der Waals surface area contributed by atoms with Gasteiger partial charge in [0.05, 0.1) is 17.9 Å². The third-order valence-electron chi connectivity index (χ3n) is 2.69. The molecule has 4 nitrogen and oxygen atoms in total. The molecule has 3 N–H and O–H groups in total. The van der Waals surface area contributed by atoms with Crippen LogP contribution in [0.5, 0.6) is 5.75 Å². The van der Waals surface area contributed by atoms with Crippen molar-refractivity contribution >= 4 is 23.4 Å². The van der Waals surface area contributed by atoms with Crippen molar-refractivity contribution in [2.24, 2.45) is 0 Å². The first-order chi connectivity index (χ1) is 10.1. The van der Waals surface area contributed by atoms with E-state index < -0.39 is 11.8 Å². The van der Waals surface area contributed by atoms with Gasteiger partial charge in [0, 0.05) is 10.6 Å². The lowest BCUT2D eigenvalue weighted by atomic mass is 10.2.